The highest BCUT2D eigenvalue weighted by molar-refractivity contribution is 5.70. The van der Waals surface area contributed by atoms with Crippen molar-refractivity contribution in [2.45, 2.75) is 206 Å². The summed E-state index contributed by atoms with van der Waals surface area (Å²) in [5, 5.41) is 11.6. The second-order valence-corrected chi connectivity index (χ2v) is 15.9. The van der Waals surface area contributed by atoms with Gasteiger partial charge >= 0.3 is 11.9 Å². The Bertz CT molecular complexity index is 926. The first kappa shape index (κ1) is 50.8. The summed E-state index contributed by atoms with van der Waals surface area (Å²) in [7, 11) is 5.40. The van der Waals surface area contributed by atoms with E-state index in [9.17, 15) is 19.5 Å². The van der Waals surface area contributed by atoms with E-state index >= 15 is 0 Å². The Morgan fingerprint density at radius 3 is 1.40 bits per heavy atom. The number of esters is 2. The molecule has 0 fully saturated rings. The molecule has 0 aromatic carbocycles. The molecule has 0 N–H and O–H groups in total. The second-order valence-electron chi connectivity index (χ2n) is 15.9. The molecule has 0 radical (unpaired) electrons. The number of nitrogens with zero attached hydrogens (tertiary/aromatic N) is 1. The maximum atomic E-state index is 12.7. The fourth-order valence-corrected chi connectivity index (χ4v) is 6.35. The van der Waals surface area contributed by atoms with Crippen LogP contribution in [0.25, 0.3) is 0 Å². The minimum absolute atomic E-state index is 0.0359. The summed E-state index contributed by atoms with van der Waals surface area (Å²) < 4.78 is 17.1. The number of ether oxygens (including phenoxy) is 3. The molecule has 0 saturated carbocycles. The van der Waals surface area contributed by atoms with E-state index in [1.807, 2.05) is 0 Å². The molecule has 0 spiro atoms. The molecule has 2 unspecified atom stereocenters. The summed E-state index contributed by atoms with van der Waals surface area (Å²) in [5.41, 5.74) is 0. The zero-order valence-electron chi connectivity index (χ0n) is 35.2. The molecule has 0 aliphatic rings. The lowest BCUT2D eigenvalue weighted by atomic mass is 10.1. The molecule has 8 nitrogen and oxygen atoms in total. The number of carboxylic acids is 1. The van der Waals surface area contributed by atoms with E-state index in [0.717, 1.165) is 51.4 Å². The van der Waals surface area contributed by atoms with Crippen molar-refractivity contribution >= 4 is 17.9 Å². The number of carboxylic acid groups (broad SMARTS) is 1. The molecule has 8 heteroatoms. The number of hydrogen-bond donors (Lipinski definition) is 0. The molecule has 0 heterocycles. The molecular formula is C45H83NO7. The van der Waals surface area contributed by atoms with Crippen LogP contribution in [0.5, 0.6) is 0 Å². The van der Waals surface area contributed by atoms with E-state index in [0.29, 0.717) is 12.8 Å². The van der Waals surface area contributed by atoms with E-state index < -0.39 is 18.1 Å². The molecule has 310 valence electrons. The van der Waals surface area contributed by atoms with Crippen molar-refractivity contribution in [2.24, 2.45) is 0 Å². The van der Waals surface area contributed by atoms with Gasteiger partial charge in [0.2, 0.25) is 0 Å². The highest BCUT2D eigenvalue weighted by atomic mass is 16.6. The van der Waals surface area contributed by atoms with Gasteiger partial charge in [-0.2, -0.15) is 0 Å². The molecule has 2 atom stereocenters. The molecular weight excluding hydrogens is 666 g/mol. The van der Waals surface area contributed by atoms with Gasteiger partial charge in [-0.3, -0.25) is 9.59 Å². The number of quaternary nitrogens is 1. The monoisotopic (exact) mass is 750 g/mol. The first-order chi connectivity index (χ1) is 25.6. The largest absolute Gasteiger partial charge is 0.544 e. The third-order valence-corrected chi connectivity index (χ3v) is 9.81. The second kappa shape index (κ2) is 36.8. The Labute approximate surface area is 326 Å². The number of likely N-dealkylation sites (N-methyl/N-ethyl adjacent to an activating group) is 1. The van der Waals surface area contributed by atoms with Crippen molar-refractivity contribution in [3.63, 3.8) is 0 Å². The normalized spacial score (nSPS) is 13.2. The van der Waals surface area contributed by atoms with Gasteiger partial charge in [0.1, 0.15) is 12.6 Å². The van der Waals surface area contributed by atoms with Crippen molar-refractivity contribution in [1.29, 1.82) is 0 Å². The first-order valence-electron chi connectivity index (χ1n) is 21.9. The lowest BCUT2D eigenvalue weighted by Crippen LogP contribution is -2.55. The quantitative estimate of drug-likeness (QED) is 0.0267. The SMILES string of the molecule is CCCCCC/C=C/CCCCCCCCCC(=O)OCC(COCCC(C(=O)[O-])[N+](C)(C)C)OC(=O)CCCCC/C=C/CCCCCCCCC. The van der Waals surface area contributed by atoms with Gasteiger partial charge in [0.25, 0.3) is 0 Å². The van der Waals surface area contributed by atoms with Crippen molar-refractivity contribution in [3.8, 4) is 0 Å². The van der Waals surface area contributed by atoms with Crippen LogP contribution in [0.2, 0.25) is 0 Å². The fourth-order valence-electron chi connectivity index (χ4n) is 6.35. The molecule has 0 aromatic rings. The summed E-state index contributed by atoms with van der Waals surface area (Å²) in [6, 6.07) is -0.726. The molecule has 0 aromatic heterocycles. The van der Waals surface area contributed by atoms with Crippen LogP contribution in [0, 0.1) is 0 Å². The average molecular weight is 750 g/mol. The molecule has 0 aliphatic heterocycles. The molecule has 53 heavy (non-hydrogen) atoms. The number of hydrogen-bond acceptors (Lipinski definition) is 7. The number of carbonyl (C=O) groups excluding carboxylic acids is 3. The zero-order chi connectivity index (χ0) is 39.3. The highest BCUT2D eigenvalue weighted by Gasteiger charge is 2.25. The molecule has 0 bridgehead atoms. The fraction of sp³-hybridized carbons (Fsp3) is 0.844. The smallest absolute Gasteiger partial charge is 0.306 e. The van der Waals surface area contributed by atoms with Gasteiger partial charge < -0.3 is 28.6 Å². The predicted molar refractivity (Wildman–Crippen MR) is 217 cm³/mol. The molecule has 0 aliphatic carbocycles. The topological polar surface area (TPSA) is 102 Å². The maximum Gasteiger partial charge on any atom is 0.306 e. The molecule has 0 rings (SSSR count). The zero-order valence-corrected chi connectivity index (χ0v) is 35.2. The van der Waals surface area contributed by atoms with Crippen LogP contribution in [0.15, 0.2) is 24.3 Å². The van der Waals surface area contributed by atoms with Crippen LogP contribution in [-0.4, -0.2) is 75.5 Å². The minimum atomic E-state index is -1.13. The van der Waals surface area contributed by atoms with Crippen LogP contribution < -0.4 is 5.11 Å². The highest BCUT2D eigenvalue weighted by Crippen LogP contribution is 2.14. The number of allylic oxidation sites excluding steroid dienone is 4. The predicted octanol–water partition coefficient (Wildman–Crippen LogP) is 10.4. The summed E-state index contributed by atoms with van der Waals surface area (Å²) >= 11 is 0. The van der Waals surface area contributed by atoms with Crippen molar-refractivity contribution in [1.82, 2.24) is 0 Å². The Morgan fingerprint density at radius 2 is 0.943 bits per heavy atom. The van der Waals surface area contributed by atoms with E-state index in [1.165, 1.54) is 109 Å². The third-order valence-electron chi connectivity index (χ3n) is 9.81. The number of rotatable bonds is 39. The van der Waals surface area contributed by atoms with Gasteiger partial charge in [0.15, 0.2) is 6.10 Å². The first-order valence-corrected chi connectivity index (χ1v) is 21.9. The van der Waals surface area contributed by atoms with Gasteiger partial charge in [0, 0.05) is 19.3 Å². The van der Waals surface area contributed by atoms with E-state index in [4.69, 9.17) is 14.2 Å². The Morgan fingerprint density at radius 1 is 0.547 bits per heavy atom. The number of aliphatic carboxylic acids is 1. The van der Waals surface area contributed by atoms with Gasteiger partial charge in [0.05, 0.1) is 40.3 Å². The summed E-state index contributed by atoms with van der Waals surface area (Å²) in [6.07, 6.45) is 39.1. The van der Waals surface area contributed by atoms with Crippen LogP contribution in [0.4, 0.5) is 0 Å². The Hall–Kier alpha value is -2.19. The van der Waals surface area contributed by atoms with Gasteiger partial charge in [-0.25, -0.2) is 0 Å². The van der Waals surface area contributed by atoms with Crippen LogP contribution in [0.3, 0.4) is 0 Å². The average Bonchev–Trinajstić information content (AvgIpc) is 3.11. The van der Waals surface area contributed by atoms with Crippen LogP contribution in [0.1, 0.15) is 194 Å². The summed E-state index contributed by atoms with van der Waals surface area (Å²) in [6.45, 7) is 4.63. The Kier molecular flexibility index (Phi) is 35.2. The van der Waals surface area contributed by atoms with Gasteiger partial charge in [-0.15, -0.1) is 0 Å². The van der Waals surface area contributed by atoms with Gasteiger partial charge in [-0.05, 0) is 64.2 Å². The molecule has 0 saturated heterocycles. The van der Waals surface area contributed by atoms with E-state index in [1.54, 1.807) is 21.1 Å². The number of unbranched alkanes of at least 4 members (excludes halogenated alkanes) is 21. The van der Waals surface area contributed by atoms with Crippen molar-refractivity contribution in [2.75, 3.05) is 41.0 Å². The van der Waals surface area contributed by atoms with Crippen LogP contribution >= 0.6 is 0 Å². The minimum Gasteiger partial charge on any atom is -0.544 e. The van der Waals surface area contributed by atoms with Crippen LogP contribution in [-0.2, 0) is 28.6 Å². The maximum absolute atomic E-state index is 12.7. The molecule has 0 amide bonds. The van der Waals surface area contributed by atoms with Gasteiger partial charge in [-0.1, -0.05) is 134 Å². The van der Waals surface area contributed by atoms with Crippen molar-refractivity contribution in [3.05, 3.63) is 24.3 Å². The van der Waals surface area contributed by atoms with Crippen molar-refractivity contribution < 1.29 is 38.2 Å². The summed E-state index contributed by atoms with van der Waals surface area (Å²) in [5.74, 6) is -1.76. The number of carbonyl (C=O) groups is 3. The summed E-state index contributed by atoms with van der Waals surface area (Å²) in [4.78, 5) is 36.8. The lowest BCUT2D eigenvalue weighted by Gasteiger charge is -2.34. The Balaban J connectivity index is 4.37. The third kappa shape index (κ3) is 35.3. The lowest BCUT2D eigenvalue weighted by molar-refractivity contribution is -0.889. The van der Waals surface area contributed by atoms with E-state index in [-0.39, 0.29) is 42.7 Å². The van der Waals surface area contributed by atoms with E-state index in [2.05, 4.69) is 38.2 Å². The standard InChI is InChI=1S/C45H83NO7/c1-6-8-10-12-14-16-18-20-22-24-25-27-29-31-33-35-43(47)52-40-41(39-51-38-37-42(45(49)50)46(3,4)5)53-44(48)36-34-32-30-28-26-23-21-19-17-15-13-11-9-7-2/h16,18,23,26,41-42H,6-15,17,19-22,24-25,27-40H2,1-5H3/b18-16+,26-23+.